The van der Waals surface area contributed by atoms with E-state index in [1.807, 2.05) is 49.4 Å². The number of sulfone groups is 1. The van der Waals surface area contributed by atoms with Crippen LogP contribution in [0, 0.1) is 11.3 Å². The van der Waals surface area contributed by atoms with E-state index in [-0.39, 0.29) is 46.6 Å². The fourth-order valence-corrected chi connectivity index (χ4v) is 10.4. The Morgan fingerprint density at radius 2 is 1.78 bits per heavy atom. The average molecular weight is 621 g/mol. The number of carboxylic acids is 1. The van der Waals surface area contributed by atoms with Crippen LogP contribution in [0.5, 0.6) is 0 Å². The summed E-state index contributed by atoms with van der Waals surface area (Å²) >= 11 is 12.6. The summed E-state index contributed by atoms with van der Waals surface area (Å²) in [6.45, 7) is 1.86. The summed E-state index contributed by atoms with van der Waals surface area (Å²) in [6.07, 6.45) is 6.22. The van der Waals surface area contributed by atoms with Crippen molar-refractivity contribution in [2.45, 2.75) is 99.5 Å². The summed E-state index contributed by atoms with van der Waals surface area (Å²) in [5.41, 5.74) is 0.929. The van der Waals surface area contributed by atoms with Crippen molar-refractivity contribution in [1.82, 2.24) is 5.32 Å². The lowest BCUT2D eigenvalue weighted by Gasteiger charge is -2.44. The molecule has 3 fully saturated rings. The molecule has 2 unspecified atom stereocenters. The Bertz CT molecular complexity index is 1370. The molecule has 0 aromatic heterocycles. The quantitative estimate of drug-likeness (QED) is 0.294. The molecular weight excluding hydrogens is 581 g/mol. The minimum Gasteiger partial charge on any atom is -0.481 e. The van der Waals surface area contributed by atoms with Gasteiger partial charge >= 0.3 is 5.97 Å². The number of carbonyl (C=O) groups is 2. The third kappa shape index (κ3) is 6.47. The van der Waals surface area contributed by atoms with Gasteiger partial charge < -0.3 is 10.4 Å². The van der Waals surface area contributed by atoms with E-state index in [2.05, 4.69) is 5.32 Å². The van der Waals surface area contributed by atoms with Crippen LogP contribution < -0.4 is 5.32 Å². The fourth-order valence-electron chi connectivity index (χ4n) is 7.43. The number of rotatable bonds is 10. The second-order valence-electron chi connectivity index (χ2n) is 12.3. The number of piperidine rings is 1. The van der Waals surface area contributed by atoms with E-state index >= 15 is 0 Å². The zero-order valence-corrected chi connectivity index (χ0v) is 25.7. The van der Waals surface area contributed by atoms with Crippen molar-refractivity contribution in [2.75, 3.05) is 0 Å². The molecule has 222 valence electrons. The van der Waals surface area contributed by atoms with Crippen LogP contribution in [-0.2, 0) is 19.4 Å². The van der Waals surface area contributed by atoms with E-state index in [4.69, 9.17) is 23.2 Å². The average Bonchev–Trinajstić information content (AvgIpc) is 3.76. The van der Waals surface area contributed by atoms with Gasteiger partial charge in [-0.2, -0.15) is 0 Å². The van der Waals surface area contributed by atoms with Crippen LogP contribution in [0.25, 0.3) is 0 Å². The molecule has 0 bridgehead atoms. The molecule has 2 aromatic rings. The van der Waals surface area contributed by atoms with Gasteiger partial charge in [-0.1, -0.05) is 73.7 Å². The number of aliphatic carboxylic acids is 1. The van der Waals surface area contributed by atoms with Crippen molar-refractivity contribution < 1.29 is 23.1 Å². The van der Waals surface area contributed by atoms with Crippen LogP contribution >= 0.6 is 23.2 Å². The summed E-state index contributed by atoms with van der Waals surface area (Å²) in [6, 6.07) is 14.8. The van der Waals surface area contributed by atoms with Gasteiger partial charge in [-0.3, -0.25) is 9.59 Å². The Kier molecular flexibility index (Phi) is 9.08. The Morgan fingerprint density at radius 3 is 2.41 bits per heavy atom. The van der Waals surface area contributed by atoms with E-state index < -0.39 is 21.2 Å². The third-order valence-electron chi connectivity index (χ3n) is 9.88. The number of carboxylic acid groups (broad SMARTS) is 1. The van der Waals surface area contributed by atoms with Crippen molar-refractivity contribution >= 4 is 44.9 Å². The normalized spacial score (nSPS) is 29.5. The largest absolute Gasteiger partial charge is 0.481 e. The first kappa shape index (κ1) is 30.4. The highest BCUT2D eigenvalue weighted by atomic mass is 35.5. The van der Waals surface area contributed by atoms with Crippen LogP contribution in [0.3, 0.4) is 0 Å². The Hall–Kier alpha value is -2.09. The summed E-state index contributed by atoms with van der Waals surface area (Å²) in [7, 11) is -3.25. The van der Waals surface area contributed by atoms with Crippen molar-refractivity contribution in [3.63, 3.8) is 0 Å². The molecule has 3 aliphatic rings. The predicted molar refractivity (Wildman–Crippen MR) is 162 cm³/mol. The highest BCUT2D eigenvalue weighted by molar-refractivity contribution is 7.92. The van der Waals surface area contributed by atoms with Gasteiger partial charge in [0.25, 0.3) is 0 Å². The molecule has 2 aliphatic carbocycles. The highest BCUT2D eigenvalue weighted by Crippen LogP contribution is 2.53. The van der Waals surface area contributed by atoms with Gasteiger partial charge in [-0.05, 0) is 85.8 Å². The van der Waals surface area contributed by atoms with Crippen LogP contribution in [0.2, 0.25) is 10.0 Å². The molecule has 1 amide bonds. The van der Waals surface area contributed by atoms with Crippen LogP contribution in [0.1, 0.15) is 94.1 Å². The zero-order chi connectivity index (χ0) is 29.4. The highest BCUT2D eigenvalue weighted by Gasteiger charge is 2.55. The molecule has 1 aliphatic heterocycles. The lowest BCUT2D eigenvalue weighted by Crippen LogP contribution is -2.55. The number of benzene rings is 2. The standard InChI is InChI=1S/C32H39Cl2NO5S/c1-2-32(19-30(36)37)18-27(21-7-6-8-23(34)15-21)28(35-31(32)38)16-25(20-11-13-22(33)14-12-20)26-17-29(26)41(39,40)24-9-4-3-5-10-24/h6-8,11-15,24-29H,2-5,9-10,16-19H2,1H3,(H,35,38)(H,36,37)/t25-,26?,27-,28+,29?,32+/m1/s1. The smallest absolute Gasteiger partial charge is 0.304 e. The third-order valence-corrected chi connectivity index (χ3v) is 13.2. The summed E-state index contributed by atoms with van der Waals surface area (Å²) in [5, 5.41) is 13.5. The van der Waals surface area contributed by atoms with Crippen molar-refractivity contribution in [3.05, 3.63) is 69.7 Å². The van der Waals surface area contributed by atoms with E-state index in [0.717, 1.165) is 43.2 Å². The first-order valence-corrected chi connectivity index (χ1v) is 17.2. The zero-order valence-electron chi connectivity index (χ0n) is 23.4. The van der Waals surface area contributed by atoms with Crippen LogP contribution in [0.15, 0.2) is 48.5 Å². The summed E-state index contributed by atoms with van der Waals surface area (Å²) in [4.78, 5) is 25.4. The van der Waals surface area contributed by atoms with Gasteiger partial charge in [-0.15, -0.1) is 0 Å². The van der Waals surface area contributed by atoms with Gasteiger partial charge in [0.2, 0.25) is 5.91 Å². The lowest BCUT2D eigenvalue weighted by atomic mass is 9.66. The molecule has 6 atom stereocenters. The number of hydrogen-bond acceptors (Lipinski definition) is 4. The molecular formula is C32H39Cl2NO5S. The Labute approximate surface area is 253 Å². The molecule has 5 rings (SSSR count). The van der Waals surface area contributed by atoms with Gasteiger partial charge in [0.05, 0.1) is 22.3 Å². The van der Waals surface area contributed by atoms with Crippen molar-refractivity contribution in [3.8, 4) is 0 Å². The molecule has 0 spiro atoms. The van der Waals surface area contributed by atoms with Crippen LogP contribution in [-0.4, -0.2) is 41.9 Å². The lowest BCUT2D eigenvalue weighted by molar-refractivity contribution is -0.148. The molecule has 2 N–H and O–H groups in total. The van der Waals surface area contributed by atoms with E-state index in [1.54, 1.807) is 6.07 Å². The molecule has 41 heavy (non-hydrogen) atoms. The number of carbonyl (C=O) groups excluding carboxylic acids is 1. The second-order valence-corrected chi connectivity index (χ2v) is 15.7. The minimum atomic E-state index is -3.25. The molecule has 6 nitrogen and oxygen atoms in total. The minimum absolute atomic E-state index is 0.0445. The maximum absolute atomic E-state index is 13.7. The number of nitrogens with one attached hydrogen (secondary N) is 1. The maximum atomic E-state index is 13.7. The van der Waals surface area contributed by atoms with E-state index in [1.165, 1.54) is 0 Å². The second kappa shape index (κ2) is 12.3. The van der Waals surface area contributed by atoms with E-state index in [9.17, 15) is 23.1 Å². The number of amides is 1. The topological polar surface area (TPSA) is 101 Å². The Morgan fingerprint density at radius 1 is 1.07 bits per heavy atom. The van der Waals surface area contributed by atoms with Gasteiger partial charge in [0.15, 0.2) is 9.84 Å². The summed E-state index contributed by atoms with van der Waals surface area (Å²) < 4.78 is 27.4. The fraction of sp³-hybridized carbons (Fsp3) is 0.562. The van der Waals surface area contributed by atoms with Gasteiger partial charge in [0.1, 0.15) is 0 Å². The first-order chi connectivity index (χ1) is 19.5. The monoisotopic (exact) mass is 619 g/mol. The predicted octanol–water partition coefficient (Wildman–Crippen LogP) is 7.15. The molecule has 1 heterocycles. The summed E-state index contributed by atoms with van der Waals surface area (Å²) in [5.74, 6) is -1.57. The Balaban J connectivity index is 1.48. The number of hydrogen-bond donors (Lipinski definition) is 2. The SMILES string of the molecule is CC[C@@]1(CC(=O)O)C[C@H](c2cccc(Cl)c2)[C@H](C[C@H](c2ccc(Cl)cc2)C2CC2S(=O)(=O)C2CCCCC2)NC1=O. The van der Waals surface area contributed by atoms with Crippen molar-refractivity contribution in [2.24, 2.45) is 11.3 Å². The number of halogens is 2. The van der Waals surface area contributed by atoms with E-state index in [0.29, 0.717) is 35.7 Å². The molecule has 0 radical (unpaired) electrons. The van der Waals surface area contributed by atoms with Crippen LogP contribution in [0.4, 0.5) is 0 Å². The van der Waals surface area contributed by atoms with Gasteiger partial charge in [-0.25, -0.2) is 8.42 Å². The maximum Gasteiger partial charge on any atom is 0.304 e. The van der Waals surface area contributed by atoms with Crippen molar-refractivity contribution in [1.29, 1.82) is 0 Å². The molecule has 1 saturated heterocycles. The molecule has 9 heteroatoms. The first-order valence-electron chi connectivity index (χ1n) is 14.8. The van der Waals surface area contributed by atoms with Gasteiger partial charge in [0, 0.05) is 22.0 Å². The molecule has 2 saturated carbocycles. The molecule has 2 aromatic carbocycles.